The largest absolute Gasteiger partial charge is 2.00 e. The first-order chi connectivity index (χ1) is 13.5. The third-order valence-corrected chi connectivity index (χ3v) is 7.96. The summed E-state index contributed by atoms with van der Waals surface area (Å²) in [6, 6.07) is 21.2. The Balaban J connectivity index is 0.000000234. The van der Waals surface area contributed by atoms with E-state index >= 15 is 0 Å². The average Bonchev–Trinajstić information content (AvgIpc) is 3.32. The van der Waals surface area contributed by atoms with Crippen LogP contribution >= 0.6 is 7.92 Å². The van der Waals surface area contributed by atoms with Crippen LogP contribution in [0.2, 0.25) is 0 Å². The standard InChI is InChI=1S/C16H13NP.C10H15.Ru/c1-3-8-14(9-4-1)18(16-12-7-13-17-16)15-10-5-2-6-11-15;1-6-7(2)9(4)10(5)8(6)3;/h1-13H;1-5H3;/q;;+2. The molecule has 10 radical (unpaired) electrons. The molecule has 0 N–H and O–H groups in total. The van der Waals surface area contributed by atoms with E-state index in [2.05, 4.69) is 107 Å². The number of hydrogen-bond acceptors (Lipinski definition) is 0. The van der Waals surface area contributed by atoms with Crippen molar-refractivity contribution >= 4 is 18.5 Å². The van der Waals surface area contributed by atoms with Crippen molar-refractivity contribution in [3.8, 4) is 0 Å². The van der Waals surface area contributed by atoms with Gasteiger partial charge in [0.05, 0.1) is 5.78 Å². The molecule has 0 aromatic heterocycles. The maximum atomic E-state index is 4.50. The second-order valence-electron chi connectivity index (χ2n) is 7.13. The summed E-state index contributed by atoms with van der Waals surface area (Å²) < 4.78 is 0. The second-order valence-corrected chi connectivity index (χ2v) is 9.29. The Morgan fingerprint density at radius 3 is 1.28 bits per heavy atom. The molecule has 1 saturated carbocycles. The van der Waals surface area contributed by atoms with E-state index in [-0.39, 0.29) is 19.5 Å². The van der Waals surface area contributed by atoms with Gasteiger partial charge in [0.15, 0.2) is 0 Å². The zero-order chi connectivity index (χ0) is 20.1. The van der Waals surface area contributed by atoms with Crippen molar-refractivity contribution in [2.45, 2.75) is 34.6 Å². The molecule has 0 bridgehead atoms. The minimum Gasteiger partial charge on any atom is -0.222 e. The number of nitrogens with zero attached hydrogens (tertiary/aromatic N) is 1. The van der Waals surface area contributed by atoms with Crippen LogP contribution in [0.4, 0.5) is 0 Å². The molecule has 2 aliphatic rings. The van der Waals surface area contributed by atoms with E-state index in [1.165, 1.54) is 46.0 Å². The zero-order valence-electron chi connectivity index (χ0n) is 17.8. The van der Waals surface area contributed by atoms with Gasteiger partial charge in [0, 0.05) is 6.54 Å². The molecule has 2 fully saturated rings. The third kappa shape index (κ3) is 6.00. The summed E-state index contributed by atoms with van der Waals surface area (Å²) >= 11 is 0. The summed E-state index contributed by atoms with van der Waals surface area (Å²) in [6.45, 7) is 12.9. The summed E-state index contributed by atoms with van der Waals surface area (Å²) in [7, 11) is -0.520. The first-order valence-electron chi connectivity index (χ1n) is 9.68. The van der Waals surface area contributed by atoms with Gasteiger partial charge in [0.2, 0.25) is 0 Å². The first-order valence-corrected chi connectivity index (χ1v) is 11.0. The van der Waals surface area contributed by atoms with E-state index in [0.717, 1.165) is 0 Å². The molecule has 0 unspecified atom stereocenters. The summed E-state index contributed by atoms with van der Waals surface area (Å²) in [5.41, 5.74) is 0. The molecular formula is C26H28NPRu+2. The molecule has 2 aromatic rings. The van der Waals surface area contributed by atoms with E-state index in [0.29, 0.717) is 0 Å². The average molecular weight is 487 g/mol. The summed E-state index contributed by atoms with van der Waals surface area (Å²) in [5, 5.41) is 7.19. The van der Waals surface area contributed by atoms with Crippen LogP contribution in [-0.2, 0) is 19.5 Å². The van der Waals surface area contributed by atoms with Crippen LogP contribution in [-0.4, -0.2) is 0 Å². The number of hydrogen-bond donors (Lipinski definition) is 0. The molecule has 1 heterocycles. The summed E-state index contributed by atoms with van der Waals surface area (Å²) in [5.74, 6) is 8.51. The number of benzene rings is 2. The summed E-state index contributed by atoms with van der Waals surface area (Å²) in [4.78, 5) is 0. The van der Waals surface area contributed by atoms with Crippen LogP contribution < -0.4 is 15.9 Å². The van der Waals surface area contributed by atoms with Crippen molar-refractivity contribution in [3.05, 3.63) is 115 Å². The Morgan fingerprint density at radius 2 is 0.966 bits per heavy atom. The first kappa shape index (κ1) is 24.7. The van der Waals surface area contributed by atoms with Crippen LogP contribution in [0.15, 0.2) is 60.7 Å². The van der Waals surface area contributed by atoms with E-state index in [9.17, 15) is 0 Å². The Morgan fingerprint density at radius 1 is 0.586 bits per heavy atom. The maximum Gasteiger partial charge on any atom is 2.00 e. The number of rotatable bonds is 3. The van der Waals surface area contributed by atoms with Crippen LogP contribution in [0.3, 0.4) is 0 Å². The van der Waals surface area contributed by atoms with Crippen molar-refractivity contribution in [1.82, 2.24) is 5.32 Å². The van der Waals surface area contributed by atoms with Crippen LogP contribution in [0.5, 0.6) is 0 Å². The minimum absolute atomic E-state index is 0. The fraction of sp³-hybridized carbons (Fsp3) is 0.192. The summed E-state index contributed by atoms with van der Waals surface area (Å²) in [6.07, 6.45) is 4.13. The van der Waals surface area contributed by atoms with Gasteiger partial charge >= 0.3 is 19.5 Å². The monoisotopic (exact) mass is 487 g/mol. The SMILES string of the molecule is C[C]1[C](C)[C](C)[C](C)[C]1C.[CH]1[CH][N][C](P(c2ccccc2)c2ccccc2)[CH]1.[Ru+2]. The van der Waals surface area contributed by atoms with E-state index in [1.54, 1.807) is 0 Å². The van der Waals surface area contributed by atoms with E-state index in [4.69, 9.17) is 0 Å². The van der Waals surface area contributed by atoms with Crippen molar-refractivity contribution in [3.63, 3.8) is 0 Å². The molecule has 0 atom stereocenters. The van der Waals surface area contributed by atoms with Gasteiger partial charge in [-0.1, -0.05) is 95.3 Å². The van der Waals surface area contributed by atoms with Crippen molar-refractivity contribution in [2.75, 3.05) is 0 Å². The topological polar surface area (TPSA) is 14.1 Å². The molecule has 4 rings (SSSR count). The van der Waals surface area contributed by atoms with Crippen LogP contribution in [0.25, 0.3) is 0 Å². The van der Waals surface area contributed by atoms with Gasteiger partial charge < -0.3 is 0 Å². The van der Waals surface area contributed by atoms with E-state index < -0.39 is 7.92 Å². The Kier molecular flexibility index (Phi) is 10.0. The van der Waals surface area contributed by atoms with Gasteiger partial charge in [0.1, 0.15) is 0 Å². The van der Waals surface area contributed by atoms with Crippen molar-refractivity contribution in [2.24, 2.45) is 0 Å². The van der Waals surface area contributed by atoms with Gasteiger partial charge in [-0.25, -0.2) is 5.32 Å². The molecule has 148 valence electrons. The molecule has 29 heavy (non-hydrogen) atoms. The molecule has 0 amide bonds. The van der Waals surface area contributed by atoms with Gasteiger partial charge in [-0.05, 0) is 61.0 Å². The minimum atomic E-state index is -0.520. The Bertz CT molecular complexity index is 617. The Hall–Kier alpha value is -0.547. The van der Waals surface area contributed by atoms with Crippen LogP contribution in [0.1, 0.15) is 34.6 Å². The van der Waals surface area contributed by atoms with Crippen molar-refractivity contribution < 1.29 is 19.5 Å². The van der Waals surface area contributed by atoms with Gasteiger partial charge in [-0.15, -0.1) is 0 Å². The predicted molar refractivity (Wildman–Crippen MR) is 122 cm³/mol. The molecule has 1 aliphatic heterocycles. The molecule has 1 saturated heterocycles. The maximum absolute atomic E-state index is 4.50. The normalized spacial score (nSPS) is 19.9. The Labute approximate surface area is 193 Å². The second kappa shape index (κ2) is 11.7. The third-order valence-electron chi connectivity index (χ3n) is 5.61. The van der Waals surface area contributed by atoms with Gasteiger partial charge in [-0.3, -0.25) is 0 Å². The van der Waals surface area contributed by atoms with E-state index in [1.807, 2.05) is 13.0 Å². The molecule has 1 nitrogen and oxygen atoms in total. The zero-order valence-corrected chi connectivity index (χ0v) is 20.4. The molecule has 3 heteroatoms. The van der Waals surface area contributed by atoms with Crippen molar-refractivity contribution in [1.29, 1.82) is 0 Å². The van der Waals surface area contributed by atoms with Crippen LogP contribution in [0, 0.1) is 54.8 Å². The molecule has 1 aliphatic carbocycles. The molecule has 0 spiro atoms. The fourth-order valence-corrected chi connectivity index (χ4v) is 5.58. The smallest absolute Gasteiger partial charge is 0.222 e. The fourth-order valence-electron chi connectivity index (χ4n) is 3.40. The van der Waals surface area contributed by atoms with Gasteiger partial charge in [-0.2, -0.15) is 0 Å². The predicted octanol–water partition coefficient (Wildman–Crippen LogP) is 5.77. The molecular weight excluding hydrogens is 458 g/mol. The molecule has 2 aromatic carbocycles. The van der Waals surface area contributed by atoms with Gasteiger partial charge in [0.25, 0.3) is 0 Å². The quantitative estimate of drug-likeness (QED) is 0.387.